The van der Waals surface area contributed by atoms with Crippen LogP contribution in [0, 0.1) is 0 Å². The third-order valence-electron chi connectivity index (χ3n) is 6.11. The van der Waals surface area contributed by atoms with Gasteiger partial charge < -0.3 is 24.8 Å². The molecule has 0 spiro atoms. The van der Waals surface area contributed by atoms with Crippen molar-refractivity contribution in [1.82, 2.24) is 15.1 Å². The molecular weight excluding hydrogens is 362 g/mol. The van der Waals surface area contributed by atoms with Crippen molar-refractivity contribution < 1.29 is 4.74 Å². The number of hydrogen-bond donors (Lipinski definition) is 1. The summed E-state index contributed by atoms with van der Waals surface area (Å²) >= 11 is 0. The number of guanidine groups is 1. The molecule has 0 radical (unpaired) electrons. The molecular formula is C23H39N5O. The molecule has 1 aromatic rings. The van der Waals surface area contributed by atoms with E-state index in [-0.39, 0.29) is 0 Å². The summed E-state index contributed by atoms with van der Waals surface area (Å²) in [7, 11) is 3.61. The van der Waals surface area contributed by atoms with Crippen molar-refractivity contribution in [2.24, 2.45) is 4.99 Å². The SMILES string of the molecule is CN=C(NCCCCCN1CCCCC1)N1CCN(c2ccc(OC)cc2)CC1. The molecule has 2 heterocycles. The fraction of sp³-hybridized carbons (Fsp3) is 0.696. The topological polar surface area (TPSA) is 43.3 Å². The van der Waals surface area contributed by atoms with Crippen molar-refractivity contribution in [3.05, 3.63) is 24.3 Å². The first-order valence-corrected chi connectivity index (χ1v) is 11.4. The average molecular weight is 402 g/mol. The van der Waals surface area contributed by atoms with Gasteiger partial charge in [-0.05, 0) is 69.6 Å². The number of rotatable bonds is 8. The first kappa shape index (κ1) is 21.8. The quantitative estimate of drug-likeness (QED) is 0.412. The van der Waals surface area contributed by atoms with E-state index in [0.29, 0.717) is 0 Å². The molecule has 0 aliphatic carbocycles. The number of aliphatic imine (C=N–C) groups is 1. The highest BCUT2D eigenvalue weighted by molar-refractivity contribution is 5.80. The van der Waals surface area contributed by atoms with Gasteiger partial charge in [0.05, 0.1) is 7.11 Å². The van der Waals surface area contributed by atoms with Crippen LogP contribution in [0.25, 0.3) is 0 Å². The van der Waals surface area contributed by atoms with Crippen molar-refractivity contribution in [2.75, 3.05) is 71.4 Å². The fourth-order valence-electron chi connectivity index (χ4n) is 4.32. The van der Waals surface area contributed by atoms with E-state index in [1.165, 1.54) is 63.8 Å². The van der Waals surface area contributed by atoms with Crippen molar-refractivity contribution in [3.63, 3.8) is 0 Å². The summed E-state index contributed by atoms with van der Waals surface area (Å²) in [4.78, 5) is 12.0. The number of anilines is 1. The zero-order chi connectivity index (χ0) is 20.3. The van der Waals surface area contributed by atoms with Gasteiger partial charge in [-0.1, -0.05) is 12.8 Å². The lowest BCUT2D eigenvalue weighted by atomic mass is 10.1. The van der Waals surface area contributed by atoms with Crippen molar-refractivity contribution in [3.8, 4) is 5.75 Å². The van der Waals surface area contributed by atoms with Crippen LogP contribution in [0.5, 0.6) is 5.75 Å². The van der Waals surface area contributed by atoms with E-state index in [9.17, 15) is 0 Å². The van der Waals surface area contributed by atoms with Crippen LogP contribution in [-0.2, 0) is 0 Å². The molecule has 3 rings (SSSR count). The summed E-state index contributed by atoms with van der Waals surface area (Å²) in [5, 5.41) is 3.57. The molecule has 0 amide bonds. The number of nitrogens with one attached hydrogen (secondary N) is 1. The minimum absolute atomic E-state index is 0.910. The zero-order valence-corrected chi connectivity index (χ0v) is 18.4. The summed E-state index contributed by atoms with van der Waals surface area (Å²) in [5.74, 6) is 1.96. The van der Waals surface area contributed by atoms with Crippen molar-refractivity contribution >= 4 is 11.6 Å². The van der Waals surface area contributed by atoms with Gasteiger partial charge in [0.1, 0.15) is 5.75 Å². The van der Waals surface area contributed by atoms with Gasteiger partial charge in [-0.3, -0.25) is 4.99 Å². The lowest BCUT2D eigenvalue weighted by Crippen LogP contribution is -2.52. The highest BCUT2D eigenvalue weighted by Gasteiger charge is 2.19. The van der Waals surface area contributed by atoms with E-state index in [0.717, 1.165) is 44.4 Å². The Bertz CT molecular complexity index is 604. The van der Waals surface area contributed by atoms with Crippen LogP contribution in [-0.4, -0.2) is 82.3 Å². The Balaban J connectivity index is 1.31. The molecule has 2 fully saturated rings. The molecule has 2 saturated heterocycles. The molecule has 1 N–H and O–H groups in total. The first-order chi connectivity index (χ1) is 14.3. The van der Waals surface area contributed by atoms with E-state index in [2.05, 4.69) is 37.1 Å². The molecule has 0 aromatic heterocycles. The second-order valence-electron chi connectivity index (χ2n) is 8.11. The third-order valence-corrected chi connectivity index (χ3v) is 6.11. The van der Waals surface area contributed by atoms with Gasteiger partial charge in [0, 0.05) is 45.5 Å². The molecule has 0 atom stereocenters. The molecule has 1 aromatic carbocycles. The molecule has 2 aliphatic rings. The predicted molar refractivity (Wildman–Crippen MR) is 122 cm³/mol. The van der Waals surface area contributed by atoms with Crippen LogP contribution in [0.2, 0.25) is 0 Å². The Hall–Kier alpha value is -1.95. The van der Waals surface area contributed by atoms with Gasteiger partial charge in [0.25, 0.3) is 0 Å². The van der Waals surface area contributed by atoms with Gasteiger partial charge in [0.15, 0.2) is 5.96 Å². The van der Waals surface area contributed by atoms with E-state index in [4.69, 9.17) is 4.74 Å². The molecule has 2 aliphatic heterocycles. The Morgan fingerprint density at radius 1 is 0.931 bits per heavy atom. The van der Waals surface area contributed by atoms with Gasteiger partial charge in [0.2, 0.25) is 0 Å². The zero-order valence-electron chi connectivity index (χ0n) is 18.4. The maximum absolute atomic E-state index is 5.26. The summed E-state index contributed by atoms with van der Waals surface area (Å²) in [6, 6.07) is 8.36. The lowest BCUT2D eigenvalue weighted by molar-refractivity contribution is 0.224. The number of piperazine rings is 1. The van der Waals surface area contributed by atoms with Crippen molar-refractivity contribution in [2.45, 2.75) is 38.5 Å². The van der Waals surface area contributed by atoms with E-state index < -0.39 is 0 Å². The number of benzene rings is 1. The van der Waals surface area contributed by atoms with E-state index in [1.807, 2.05) is 19.2 Å². The van der Waals surface area contributed by atoms with Gasteiger partial charge in [-0.25, -0.2) is 0 Å². The lowest BCUT2D eigenvalue weighted by Gasteiger charge is -2.37. The maximum Gasteiger partial charge on any atom is 0.193 e. The second-order valence-corrected chi connectivity index (χ2v) is 8.11. The number of piperidine rings is 1. The summed E-state index contributed by atoms with van der Waals surface area (Å²) in [6.45, 7) is 8.96. The standard InChI is InChI=1S/C23H39N5O/c1-24-23(25-13-5-3-6-14-26-15-7-4-8-16-26)28-19-17-27(18-20-28)21-9-11-22(29-2)12-10-21/h9-12H,3-8,13-20H2,1-2H3,(H,24,25). The molecule has 0 bridgehead atoms. The molecule has 162 valence electrons. The monoisotopic (exact) mass is 401 g/mol. The molecule has 6 heteroatoms. The van der Waals surface area contributed by atoms with E-state index in [1.54, 1.807) is 7.11 Å². The smallest absolute Gasteiger partial charge is 0.193 e. The fourth-order valence-corrected chi connectivity index (χ4v) is 4.32. The Kier molecular flexibility index (Phi) is 8.93. The van der Waals surface area contributed by atoms with Crippen LogP contribution in [0.4, 0.5) is 5.69 Å². The molecule has 6 nitrogen and oxygen atoms in total. The number of unbranched alkanes of at least 4 members (excludes halogenated alkanes) is 2. The first-order valence-electron chi connectivity index (χ1n) is 11.4. The molecule has 0 saturated carbocycles. The number of likely N-dealkylation sites (tertiary alicyclic amines) is 1. The number of ether oxygens (including phenoxy) is 1. The van der Waals surface area contributed by atoms with Gasteiger partial charge in [-0.15, -0.1) is 0 Å². The highest BCUT2D eigenvalue weighted by Crippen LogP contribution is 2.20. The third kappa shape index (κ3) is 6.81. The number of nitrogens with zero attached hydrogens (tertiary/aromatic N) is 4. The molecule has 29 heavy (non-hydrogen) atoms. The number of methoxy groups -OCH3 is 1. The summed E-state index contributed by atoms with van der Waals surface area (Å²) in [6.07, 6.45) is 8.05. The normalized spacial score (nSPS) is 18.8. The van der Waals surface area contributed by atoms with Crippen LogP contribution >= 0.6 is 0 Å². The van der Waals surface area contributed by atoms with Crippen LogP contribution < -0.4 is 15.0 Å². The van der Waals surface area contributed by atoms with Gasteiger partial charge in [-0.2, -0.15) is 0 Å². The second kappa shape index (κ2) is 11.9. The largest absolute Gasteiger partial charge is 0.497 e. The predicted octanol–water partition coefficient (Wildman–Crippen LogP) is 3.05. The minimum Gasteiger partial charge on any atom is -0.497 e. The highest BCUT2D eigenvalue weighted by atomic mass is 16.5. The average Bonchev–Trinajstić information content (AvgIpc) is 2.79. The van der Waals surface area contributed by atoms with Crippen LogP contribution in [0.15, 0.2) is 29.3 Å². The minimum atomic E-state index is 0.910. The Morgan fingerprint density at radius 3 is 2.31 bits per heavy atom. The van der Waals surface area contributed by atoms with Gasteiger partial charge >= 0.3 is 0 Å². The van der Waals surface area contributed by atoms with E-state index >= 15 is 0 Å². The van der Waals surface area contributed by atoms with Crippen LogP contribution in [0.1, 0.15) is 38.5 Å². The summed E-state index contributed by atoms with van der Waals surface area (Å²) < 4.78 is 5.26. The summed E-state index contributed by atoms with van der Waals surface area (Å²) in [5.41, 5.74) is 1.27. The van der Waals surface area contributed by atoms with Crippen LogP contribution in [0.3, 0.4) is 0 Å². The maximum atomic E-state index is 5.26. The van der Waals surface area contributed by atoms with Crippen molar-refractivity contribution in [1.29, 1.82) is 0 Å². The Morgan fingerprint density at radius 2 is 1.66 bits per heavy atom. The Labute approximate surface area is 176 Å². The number of hydrogen-bond acceptors (Lipinski definition) is 4. The molecule has 0 unspecified atom stereocenters.